The van der Waals surface area contributed by atoms with Gasteiger partial charge in [-0.1, -0.05) is 34.1 Å². The first-order valence-corrected chi connectivity index (χ1v) is 8.55. The van der Waals surface area contributed by atoms with Crippen LogP contribution in [-0.2, 0) is 16.6 Å². The number of aryl methyl sites for hydroxylation is 1. The molecule has 0 fully saturated rings. The SMILES string of the molecule is Cc1cc(S(=O)(=O)N(C)Cc2ccccc2O)ccc1Br. The Morgan fingerprint density at radius 1 is 1.19 bits per heavy atom. The van der Waals surface area contributed by atoms with Crippen LogP contribution in [0.2, 0.25) is 0 Å². The monoisotopic (exact) mass is 369 g/mol. The lowest BCUT2D eigenvalue weighted by molar-refractivity contribution is 0.436. The molecule has 0 atom stereocenters. The van der Waals surface area contributed by atoms with Crippen molar-refractivity contribution in [1.29, 1.82) is 0 Å². The smallest absolute Gasteiger partial charge is 0.243 e. The van der Waals surface area contributed by atoms with Crippen molar-refractivity contribution in [1.82, 2.24) is 4.31 Å². The van der Waals surface area contributed by atoms with Crippen molar-refractivity contribution in [3.63, 3.8) is 0 Å². The van der Waals surface area contributed by atoms with E-state index >= 15 is 0 Å². The first kappa shape index (κ1) is 16.0. The maximum Gasteiger partial charge on any atom is 0.243 e. The normalized spacial score (nSPS) is 11.8. The molecule has 0 heterocycles. The lowest BCUT2D eigenvalue weighted by Gasteiger charge is -2.18. The van der Waals surface area contributed by atoms with Gasteiger partial charge in [0.05, 0.1) is 4.90 Å². The number of phenols is 1. The van der Waals surface area contributed by atoms with Gasteiger partial charge in [-0.3, -0.25) is 0 Å². The summed E-state index contributed by atoms with van der Waals surface area (Å²) < 4.78 is 27.2. The third kappa shape index (κ3) is 3.45. The van der Waals surface area contributed by atoms with Crippen LogP contribution in [0.3, 0.4) is 0 Å². The van der Waals surface area contributed by atoms with Crippen molar-refractivity contribution in [2.75, 3.05) is 7.05 Å². The summed E-state index contributed by atoms with van der Waals surface area (Å²) >= 11 is 3.35. The van der Waals surface area contributed by atoms with Crippen molar-refractivity contribution < 1.29 is 13.5 Å². The highest BCUT2D eigenvalue weighted by molar-refractivity contribution is 9.10. The molecule has 2 aromatic rings. The van der Waals surface area contributed by atoms with Crippen LogP contribution < -0.4 is 0 Å². The molecule has 2 rings (SSSR count). The van der Waals surface area contributed by atoms with E-state index in [4.69, 9.17) is 0 Å². The Morgan fingerprint density at radius 2 is 1.86 bits per heavy atom. The van der Waals surface area contributed by atoms with Crippen molar-refractivity contribution in [3.8, 4) is 5.75 Å². The summed E-state index contributed by atoms with van der Waals surface area (Å²) in [7, 11) is -2.09. The first-order valence-electron chi connectivity index (χ1n) is 6.31. The quantitative estimate of drug-likeness (QED) is 0.899. The van der Waals surface area contributed by atoms with E-state index in [1.54, 1.807) is 42.5 Å². The van der Waals surface area contributed by atoms with Crippen molar-refractivity contribution >= 4 is 26.0 Å². The van der Waals surface area contributed by atoms with Crippen LogP contribution in [0, 0.1) is 6.92 Å². The van der Waals surface area contributed by atoms with Gasteiger partial charge < -0.3 is 5.11 Å². The Kier molecular flexibility index (Phi) is 4.70. The van der Waals surface area contributed by atoms with E-state index in [2.05, 4.69) is 15.9 Å². The average molecular weight is 370 g/mol. The van der Waals surface area contributed by atoms with Gasteiger partial charge in [0.25, 0.3) is 0 Å². The van der Waals surface area contributed by atoms with E-state index in [0.717, 1.165) is 10.0 Å². The van der Waals surface area contributed by atoms with Crippen LogP contribution in [0.1, 0.15) is 11.1 Å². The summed E-state index contributed by atoms with van der Waals surface area (Å²) in [5, 5.41) is 9.75. The largest absolute Gasteiger partial charge is 0.508 e. The molecule has 0 saturated heterocycles. The predicted octanol–water partition coefficient (Wildman–Crippen LogP) is 3.28. The minimum absolute atomic E-state index is 0.0894. The fourth-order valence-corrected chi connectivity index (χ4v) is 3.41. The zero-order chi connectivity index (χ0) is 15.6. The number of halogens is 1. The minimum atomic E-state index is -3.59. The van der Waals surface area contributed by atoms with Gasteiger partial charge in [-0.25, -0.2) is 8.42 Å². The molecule has 2 aromatic carbocycles. The molecule has 0 unspecified atom stereocenters. The lowest BCUT2D eigenvalue weighted by atomic mass is 10.2. The average Bonchev–Trinajstić information content (AvgIpc) is 2.44. The van der Waals surface area contributed by atoms with Gasteiger partial charge >= 0.3 is 0 Å². The van der Waals surface area contributed by atoms with Crippen LogP contribution in [0.15, 0.2) is 51.8 Å². The van der Waals surface area contributed by atoms with Gasteiger partial charge in [-0.15, -0.1) is 0 Å². The molecule has 6 heteroatoms. The van der Waals surface area contributed by atoms with Crippen molar-refractivity contribution in [2.45, 2.75) is 18.4 Å². The van der Waals surface area contributed by atoms with Gasteiger partial charge in [0, 0.05) is 23.6 Å². The van der Waals surface area contributed by atoms with E-state index in [0.29, 0.717) is 5.56 Å². The molecule has 0 spiro atoms. The van der Waals surface area contributed by atoms with Gasteiger partial charge in [0.2, 0.25) is 10.0 Å². The molecule has 0 saturated carbocycles. The number of aromatic hydroxyl groups is 1. The summed E-state index contributed by atoms with van der Waals surface area (Å²) in [5.41, 5.74) is 1.42. The molecular weight excluding hydrogens is 354 g/mol. The molecule has 0 aliphatic heterocycles. The molecule has 112 valence electrons. The molecule has 0 radical (unpaired) electrons. The fourth-order valence-electron chi connectivity index (χ4n) is 1.93. The van der Waals surface area contributed by atoms with Gasteiger partial charge in [-0.05, 0) is 36.8 Å². The minimum Gasteiger partial charge on any atom is -0.508 e. The number of hydrogen-bond acceptors (Lipinski definition) is 3. The standard InChI is InChI=1S/C15H16BrNO3S/c1-11-9-13(7-8-14(11)16)21(19,20)17(2)10-12-5-3-4-6-15(12)18/h3-9,18H,10H2,1-2H3. The van der Waals surface area contributed by atoms with Gasteiger partial charge in [0.1, 0.15) is 5.75 Å². The zero-order valence-corrected chi connectivity index (χ0v) is 14.1. The van der Waals surface area contributed by atoms with Crippen LogP contribution in [-0.4, -0.2) is 24.9 Å². The highest BCUT2D eigenvalue weighted by atomic mass is 79.9. The Balaban J connectivity index is 2.30. The zero-order valence-electron chi connectivity index (χ0n) is 11.7. The van der Waals surface area contributed by atoms with Gasteiger partial charge in [-0.2, -0.15) is 4.31 Å². The van der Waals surface area contributed by atoms with E-state index in [1.807, 2.05) is 6.92 Å². The Hall–Kier alpha value is -1.37. The third-order valence-corrected chi connectivity index (χ3v) is 5.91. The number of phenolic OH excluding ortho intramolecular Hbond substituents is 1. The molecular formula is C15H16BrNO3S. The summed E-state index contributed by atoms with van der Waals surface area (Å²) in [6.45, 7) is 1.95. The molecule has 0 aliphatic carbocycles. The second-order valence-corrected chi connectivity index (χ2v) is 7.70. The van der Waals surface area contributed by atoms with Crippen LogP contribution in [0.25, 0.3) is 0 Å². The molecule has 1 N–H and O–H groups in total. The molecule has 0 amide bonds. The van der Waals surface area contributed by atoms with Gasteiger partial charge in [0.15, 0.2) is 0 Å². The summed E-state index contributed by atoms with van der Waals surface area (Å²) in [5.74, 6) is 0.0894. The predicted molar refractivity (Wildman–Crippen MR) is 85.6 cm³/mol. The summed E-state index contributed by atoms with van der Waals surface area (Å²) in [6, 6.07) is 11.6. The van der Waals surface area contributed by atoms with E-state index in [1.165, 1.54) is 11.4 Å². The summed E-state index contributed by atoms with van der Waals surface area (Å²) in [6.07, 6.45) is 0. The van der Waals surface area contributed by atoms with E-state index < -0.39 is 10.0 Å². The molecule has 0 aliphatic rings. The second-order valence-electron chi connectivity index (χ2n) is 4.80. The fraction of sp³-hybridized carbons (Fsp3) is 0.200. The second kappa shape index (κ2) is 6.17. The Labute approximate surface area is 133 Å². The van der Waals surface area contributed by atoms with Crippen LogP contribution in [0.4, 0.5) is 0 Å². The van der Waals surface area contributed by atoms with Crippen molar-refractivity contribution in [3.05, 3.63) is 58.1 Å². The van der Waals surface area contributed by atoms with Crippen molar-refractivity contribution in [2.24, 2.45) is 0 Å². The number of hydrogen-bond donors (Lipinski definition) is 1. The molecule has 0 bridgehead atoms. The first-order chi connectivity index (χ1) is 9.82. The van der Waals surface area contributed by atoms with E-state index in [9.17, 15) is 13.5 Å². The van der Waals surface area contributed by atoms with Crippen LogP contribution in [0.5, 0.6) is 5.75 Å². The number of rotatable bonds is 4. The third-order valence-electron chi connectivity index (χ3n) is 3.22. The molecule has 0 aromatic heterocycles. The highest BCUT2D eigenvalue weighted by Gasteiger charge is 2.22. The molecule has 21 heavy (non-hydrogen) atoms. The number of nitrogens with zero attached hydrogens (tertiary/aromatic N) is 1. The summed E-state index contributed by atoms with van der Waals surface area (Å²) in [4.78, 5) is 0.237. The van der Waals surface area contributed by atoms with E-state index in [-0.39, 0.29) is 17.2 Å². The van der Waals surface area contributed by atoms with Crippen LogP contribution >= 0.6 is 15.9 Å². The maximum atomic E-state index is 12.5. The lowest BCUT2D eigenvalue weighted by Crippen LogP contribution is -2.26. The highest BCUT2D eigenvalue weighted by Crippen LogP contribution is 2.24. The number of para-hydroxylation sites is 1. The maximum absolute atomic E-state index is 12.5. The Bertz CT molecular complexity index is 759. The number of benzene rings is 2. The Morgan fingerprint density at radius 3 is 2.48 bits per heavy atom. The molecule has 4 nitrogen and oxygen atoms in total. The topological polar surface area (TPSA) is 57.6 Å². The number of sulfonamides is 1.